The Morgan fingerprint density at radius 1 is 0.398 bits per heavy atom. The van der Waals surface area contributed by atoms with Crippen LogP contribution in [0.25, 0.3) is 68.4 Å². The average Bonchev–Trinajstić information content (AvgIpc) is 2.05. The molecule has 8 aromatic carbocycles. The number of para-hydroxylation sites is 8. The zero-order valence-corrected chi connectivity index (χ0v) is 51.3. The number of aliphatic carboxylic acids is 1. The molecule has 13 nitrogen and oxygen atoms in total. The van der Waals surface area contributed by atoms with Crippen molar-refractivity contribution in [1.29, 1.82) is 0 Å². The number of hydrogen-bond acceptors (Lipinski definition) is 8. The van der Waals surface area contributed by atoms with Gasteiger partial charge in [-0.1, -0.05) is 196 Å². The summed E-state index contributed by atoms with van der Waals surface area (Å²) in [6.45, 7) is 21.9. The molecule has 2 N–H and O–H groups in total. The number of aliphatic hydroxyl groups excluding tert-OH is 1. The number of nitrogens with zero attached hydrogens (tertiary/aromatic N) is 10. The van der Waals surface area contributed by atoms with E-state index in [2.05, 4.69) is 224 Å². The van der Waals surface area contributed by atoms with E-state index in [1.165, 1.54) is 0 Å². The van der Waals surface area contributed by atoms with Crippen LogP contribution in [0.3, 0.4) is 0 Å². The summed E-state index contributed by atoms with van der Waals surface area (Å²) in [5.41, 5.74) is 16.8. The second-order valence-corrected chi connectivity index (χ2v) is 21.7. The first-order chi connectivity index (χ1) is 42.0. The number of benzene rings is 8. The molecule has 0 saturated carbocycles. The van der Waals surface area contributed by atoms with Crippen LogP contribution < -0.4 is 0 Å². The Morgan fingerprint density at radius 3 is 0.807 bits per heavy atom. The summed E-state index contributed by atoms with van der Waals surface area (Å²) < 4.78 is 9.27. The minimum absolute atomic E-state index is 0. The van der Waals surface area contributed by atoms with Gasteiger partial charge in [0.15, 0.2) is 0 Å². The van der Waals surface area contributed by atoms with Gasteiger partial charge in [0.2, 0.25) is 0 Å². The average molecular weight is 1250 g/mol. The van der Waals surface area contributed by atoms with Gasteiger partial charge in [-0.3, -0.25) is 14.6 Å². The summed E-state index contributed by atoms with van der Waals surface area (Å²) in [7, 11) is 0. The Balaban J connectivity index is 0.00000149. The van der Waals surface area contributed by atoms with Gasteiger partial charge in [-0.25, -0.2) is 19.9 Å². The predicted octanol–water partition coefficient (Wildman–Crippen LogP) is 14.0. The molecule has 15 heteroatoms. The van der Waals surface area contributed by atoms with E-state index in [9.17, 15) is 5.11 Å². The molecule has 4 heterocycles. The monoisotopic (exact) mass is 1250 g/mol. The number of carboxylic acids is 1. The topological polar surface area (TPSA) is 135 Å². The maximum absolute atomic E-state index is 13.1. The molecular formula is C73H70Co2N10O3. The van der Waals surface area contributed by atoms with Crippen molar-refractivity contribution < 1.29 is 48.6 Å². The second-order valence-electron chi connectivity index (χ2n) is 21.7. The van der Waals surface area contributed by atoms with Crippen LogP contribution in [-0.4, -0.2) is 83.4 Å². The van der Waals surface area contributed by atoms with Crippen molar-refractivity contribution in [2.24, 2.45) is 0 Å². The molecule has 0 spiro atoms. The van der Waals surface area contributed by atoms with E-state index in [1.807, 2.05) is 48.6 Å². The van der Waals surface area contributed by atoms with Gasteiger partial charge >= 0.3 is 0 Å². The number of fused-ring (bicyclic) bond motifs is 4. The molecule has 0 fully saturated rings. The minimum Gasteiger partial charge on any atom is -0.481 e. The molecule has 4 aromatic heterocycles. The van der Waals surface area contributed by atoms with Crippen molar-refractivity contribution in [2.45, 2.75) is 65.4 Å². The van der Waals surface area contributed by atoms with E-state index in [0.29, 0.717) is 65.4 Å². The summed E-state index contributed by atoms with van der Waals surface area (Å²) in [5.74, 6) is 2.74. The molecular weight excluding hydrogens is 1180 g/mol. The Bertz CT molecular complexity index is 3810. The van der Waals surface area contributed by atoms with Crippen LogP contribution in [0.4, 0.5) is 0 Å². The third-order valence-electron chi connectivity index (χ3n) is 15.6. The van der Waals surface area contributed by atoms with Crippen LogP contribution in [0, 0.1) is 0 Å². The van der Waals surface area contributed by atoms with E-state index < -0.39 is 12.1 Å². The van der Waals surface area contributed by atoms with E-state index in [-0.39, 0.29) is 33.6 Å². The molecule has 12 aromatic rings. The molecule has 2 radical (unpaired) electrons. The van der Waals surface area contributed by atoms with Crippen molar-refractivity contribution in [3.63, 3.8) is 0 Å². The van der Waals surface area contributed by atoms with Crippen LogP contribution in [0.5, 0.6) is 0 Å². The van der Waals surface area contributed by atoms with E-state index in [0.717, 1.165) is 119 Å². The van der Waals surface area contributed by atoms with Gasteiger partial charge in [0, 0.05) is 79.7 Å². The van der Waals surface area contributed by atoms with Crippen LogP contribution in [0.2, 0.25) is 0 Å². The number of imidazole rings is 4. The molecule has 0 unspecified atom stereocenters. The number of carbonyl (C=O) groups is 1. The normalized spacial score (nSPS) is 11.2. The standard InChI is InChI=1S/C71H66N10O.C2H4O2.2Co/c1-5-51-25-33-55(34-26-51)41-78-64-21-13-9-17-60(64)72-68(78)47-76(48-69-73-61-18-10-14-22-65(61)79(69)42-56-35-27-52(6-2)28-36-56)45-59(82)46-77(49-70-74-62-19-11-15-23-66(62)80(70)43-57-37-29-53(7-3)30-38-57)50-71-75-63-20-12-16-24-67(63)81(71)44-58-39-31-54(8-4)32-40-58;1-2(3)4;;/h5-40,59,82H,1-4,41-50H2;1H3,(H,3,4);;. The molecule has 0 saturated heterocycles. The van der Waals surface area contributed by atoms with Gasteiger partial charge in [0.05, 0.1) is 76.4 Å². The second kappa shape index (κ2) is 29.6. The maximum atomic E-state index is 13.1. The first-order valence-electron chi connectivity index (χ1n) is 29.0. The number of aromatic nitrogens is 8. The Kier molecular flexibility index (Phi) is 21.3. The first kappa shape index (κ1) is 63.5. The Morgan fingerprint density at radius 2 is 0.602 bits per heavy atom. The number of aliphatic hydroxyl groups is 1. The van der Waals surface area contributed by atoms with Crippen LogP contribution in [-0.2, 0) is 90.7 Å². The summed E-state index contributed by atoms with van der Waals surface area (Å²) in [5, 5.41) is 20.5. The minimum atomic E-state index is -0.845. The van der Waals surface area contributed by atoms with E-state index in [1.54, 1.807) is 0 Å². The molecule has 0 aliphatic carbocycles. The summed E-state index contributed by atoms with van der Waals surface area (Å²) >= 11 is 0. The molecule has 448 valence electrons. The third kappa shape index (κ3) is 15.2. The summed E-state index contributed by atoms with van der Waals surface area (Å²) in [6.07, 6.45) is 6.64. The largest absolute Gasteiger partial charge is 0.481 e. The quantitative estimate of drug-likeness (QED) is 0.0606. The molecule has 0 bridgehead atoms. The summed E-state index contributed by atoms with van der Waals surface area (Å²) in [6, 6.07) is 67.5. The molecule has 0 aliphatic rings. The van der Waals surface area contributed by atoms with Crippen LogP contribution in [0.1, 0.15) is 74.7 Å². The smallest absolute Gasteiger partial charge is 0.300 e. The Hall–Kier alpha value is -9.04. The van der Waals surface area contributed by atoms with Gasteiger partial charge in [0.1, 0.15) is 23.3 Å². The van der Waals surface area contributed by atoms with Crippen molar-refractivity contribution in [1.82, 2.24) is 48.0 Å². The van der Waals surface area contributed by atoms with Crippen LogP contribution in [0.15, 0.2) is 220 Å². The number of hydrogen-bond donors (Lipinski definition) is 2. The van der Waals surface area contributed by atoms with Gasteiger partial charge in [-0.05, 0) is 93.0 Å². The Labute approximate surface area is 534 Å². The molecule has 0 atom stereocenters. The van der Waals surface area contributed by atoms with E-state index >= 15 is 0 Å². The fourth-order valence-electron chi connectivity index (χ4n) is 11.3. The van der Waals surface area contributed by atoms with Crippen molar-refractivity contribution in [3.8, 4) is 0 Å². The van der Waals surface area contributed by atoms with Crippen LogP contribution >= 0.6 is 0 Å². The van der Waals surface area contributed by atoms with Crippen molar-refractivity contribution in [2.75, 3.05) is 13.1 Å². The van der Waals surface area contributed by atoms with Gasteiger partial charge in [-0.2, -0.15) is 0 Å². The maximum Gasteiger partial charge on any atom is 0.300 e. The van der Waals surface area contributed by atoms with Crippen molar-refractivity contribution in [3.05, 3.63) is 288 Å². The number of rotatable bonds is 24. The summed E-state index contributed by atoms with van der Waals surface area (Å²) in [4.78, 5) is 35.0. The SMILES string of the molecule is C=Cc1ccc(Cn2c(CN(Cc3nc4ccccc4n3Cc3ccc(C=C)cc3)CC(O)CN(Cc3nc4ccccc4n3Cc3ccc(C=C)cc3)Cc3nc4ccccc4n3Cc3ccc(C=C)cc3)nc3ccccc32)cc1.CC(=O)O.[Co].[Co]. The molecule has 88 heavy (non-hydrogen) atoms. The molecule has 0 aliphatic heterocycles. The molecule has 12 rings (SSSR count). The van der Waals surface area contributed by atoms with Gasteiger partial charge in [0.25, 0.3) is 5.97 Å². The van der Waals surface area contributed by atoms with Gasteiger partial charge in [-0.15, -0.1) is 0 Å². The zero-order valence-electron chi connectivity index (χ0n) is 49.2. The number of carboxylic acid groups (broad SMARTS) is 1. The fourth-order valence-corrected chi connectivity index (χ4v) is 11.3. The van der Waals surface area contributed by atoms with Crippen molar-refractivity contribution >= 4 is 74.4 Å². The predicted molar refractivity (Wildman–Crippen MR) is 349 cm³/mol. The molecule has 0 amide bonds. The first-order valence-corrected chi connectivity index (χ1v) is 29.0. The zero-order chi connectivity index (χ0) is 59.5. The van der Waals surface area contributed by atoms with Gasteiger partial charge < -0.3 is 28.5 Å². The van der Waals surface area contributed by atoms with E-state index in [4.69, 9.17) is 29.8 Å². The third-order valence-corrected chi connectivity index (χ3v) is 15.6. The fraction of sp³-hybridized carbons (Fsp3) is 0.164.